The van der Waals surface area contributed by atoms with Gasteiger partial charge in [-0.1, -0.05) is 79.7 Å². The number of carbonyl (C=O) groups is 1. The summed E-state index contributed by atoms with van der Waals surface area (Å²) in [7, 11) is 1.67. The molecule has 0 aliphatic rings. The van der Waals surface area contributed by atoms with Gasteiger partial charge in [0.25, 0.3) is 0 Å². The number of rotatable bonds is 12. The van der Waals surface area contributed by atoms with E-state index < -0.39 is 6.09 Å². The van der Waals surface area contributed by atoms with Crippen LogP contribution in [0.1, 0.15) is 35.6 Å². The summed E-state index contributed by atoms with van der Waals surface area (Å²) in [4.78, 5) is 10.7. The molecule has 200 valence electrons. The third-order valence-corrected chi connectivity index (χ3v) is 6.26. The fraction of sp³-hybridized carbons (Fsp3) is 0.182. The maximum Gasteiger partial charge on any atom is 0.404 e. The molecule has 0 aromatic heterocycles. The predicted octanol–water partition coefficient (Wildman–Crippen LogP) is 7.29. The van der Waals surface area contributed by atoms with Crippen LogP contribution in [-0.4, -0.2) is 31.5 Å². The number of allylic oxidation sites excluding steroid dienone is 1. The zero-order chi connectivity index (χ0) is 27.5. The highest BCUT2D eigenvalue weighted by molar-refractivity contribution is 6.00. The topological polar surface area (TPSA) is 77.0 Å². The van der Waals surface area contributed by atoms with E-state index in [9.17, 15) is 4.79 Å². The molecule has 2 N–H and O–H groups in total. The Hall–Kier alpha value is -4.71. The van der Waals surface area contributed by atoms with Crippen LogP contribution < -0.4 is 19.5 Å². The van der Waals surface area contributed by atoms with Crippen molar-refractivity contribution in [3.63, 3.8) is 0 Å². The van der Waals surface area contributed by atoms with Gasteiger partial charge in [-0.3, -0.25) is 0 Å². The van der Waals surface area contributed by atoms with Crippen molar-refractivity contribution in [3.8, 4) is 17.2 Å². The Balaban J connectivity index is 1.69. The molecular weight excluding hydrogens is 490 g/mol. The van der Waals surface area contributed by atoms with E-state index in [-0.39, 0.29) is 13.2 Å². The van der Waals surface area contributed by atoms with Crippen LogP contribution >= 0.6 is 0 Å². The van der Waals surface area contributed by atoms with Crippen molar-refractivity contribution in [3.05, 3.63) is 125 Å². The van der Waals surface area contributed by atoms with Crippen LogP contribution in [0, 0.1) is 0 Å². The molecule has 6 nitrogen and oxygen atoms in total. The number of hydrogen-bond donors (Lipinski definition) is 2. The first-order valence-corrected chi connectivity index (χ1v) is 12.9. The molecule has 0 saturated heterocycles. The van der Waals surface area contributed by atoms with Crippen LogP contribution in [0.25, 0.3) is 11.1 Å². The van der Waals surface area contributed by atoms with Crippen molar-refractivity contribution in [2.75, 3.05) is 20.3 Å². The quantitative estimate of drug-likeness (QED) is 0.151. The van der Waals surface area contributed by atoms with E-state index in [4.69, 9.17) is 19.3 Å². The highest BCUT2D eigenvalue weighted by atomic mass is 16.5. The first-order valence-electron chi connectivity index (χ1n) is 12.9. The summed E-state index contributed by atoms with van der Waals surface area (Å²) in [6, 6.07) is 34.2. The molecule has 1 amide bonds. The average molecular weight is 524 g/mol. The molecule has 4 aromatic rings. The molecule has 0 bridgehead atoms. The fourth-order valence-corrected chi connectivity index (χ4v) is 4.41. The summed E-state index contributed by atoms with van der Waals surface area (Å²) < 4.78 is 17.7. The van der Waals surface area contributed by atoms with Gasteiger partial charge in [-0.2, -0.15) is 0 Å². The Kier molecular flexibility index (Phi) is 9.62. The van der Waals surface area contributed by atoms with Crippen LogP contribution in [0.2, 0.25) is 0 Å². The molecular formula is C33H33NO5. The second-order valence-corrected chi connectivity index (χ2v) is 8.81. The summed E-state index contributed by atoms with van der Waals surface area (Å²) in [5.41, 5.74) is 6.47. The minimum Gasteiger partial charge on any atom is -0.496 e. The highest BCUT2D eigenvalue weighted by Crippen LogP contribution is 2.40. The number of hydrogen-bond acceptors (Lipinski definition) is 4. The Morgan fingerprint density at radius 3 is 2.10 bits per heavy atom. The minimum absolute atomic E-state index is 0.214. The fourth-order valence-electron chi connectivity index (χ4n) is 4.41. The summed E-state index contributed by atoms with van der Waals surface area (Å²) >= 11 is 0. The molecule has 0 radical (unpaired) electrons. The Morgan fingerprint density at radius 1 is 0.795 bits per heavy atom. The molecule has 4 rings (SSSR count). The van der Waals surface area contributed by atoms with Crippen molar-refractivity contribution in [1.82, 2.24) is 5.32 Å². The SMILES string of the molecule is CCC(=C(c1ccc(OCCNC(=O)O)cc1)c1ccc(OCc2ccccc2)cc1OC)c1ccccc1. The van der Waals surface area contributed by atoms with E-state index in [1.165, 1.54) is 5.57 Å². The van der Waals surface area contributed by atoms with Gasteiger partial charge in [-0.25, -0.2) is 4.79 Å². The summed E-state index contributed by atoms with van der Waals surface area (Å²) in [6.45, 7) is 3.09. The van der Waals surface area contributed by atoms with E-state index in [0.29, 0.717) is 12.4 Å². The molecule has 0 aliphatic carbocycles. The third kappa shape index (κ3) is 7.42. The number of benzene rings is 4. The third-order valence-electron chi connectivity index (χ3n) is 6.26. The zero-order valence-corrected chi connectivity index (χ0v) is 22.2. The van der Waals surface area contributed by atoms with Gasteiger partial charge >= 0.3 is 6.09 Å². The van der Waals surface area contributed by atoms with Gasteiger partial charge in [-0.05, 0) is 58.5 Å². The molecule has 0 heterocycles. The first-order chi connectivity index (χ1) is 19.1. The standard InChI is InChI=1S/C33H33NO5/c1-3-29(25-12-8-5-9-13-25)32(26-14-16-27(17-15-26)38-21-20-34-33(35)36)30-19-18-28(22-31(30)37-2)39-23-24-10-6-4-7-11-24/h4-19,22,34H,3,20-21,23H2,1-2H3,(H,35,36). The number of carboxylic acid groups (broad SMARTS) is 1. The van der Waals surface area contributed by atoms with E-state index in [1.807, 2.05) is 84.9 Å². The van der Waals surface area contributed by atoms with Gasteiger partial charge in [0.1, 0.15) is 30.5 Å². The number of ether oxygens (including phenoxy) is 3. The summed E-state index contributed by atoms with van der Waals surface area (Å²) in [5.74, 6) is 2.12. The van der Waals surface area contributed by atoms with Crippen LogP contribution in [0.4, 0.5) is 4.79 Å². The second-order valence-electron chi connectivity index (χ2n) is 8.81. The summed E-state index contributed by atoms with van der Waals surface area (Å²) in [5, 5.41) is 11.0. The van der Waals surface area contributed by atoms with E-state index >= 15 is 0 Å². The normalized spacial score (nSPS) is 11.3. The highest BCUT2D eigenvalue weighted by Gasteiger charge is 2.18. The maximum atomic E-state index is 10.7. The molecule has 0 atom stereocenters. The van der Waals surface area contributed by atoms with E-state index in [1.54, 1.807) is 7.11 Å². The Morgan fingerprint density at radius 2 is 1.46 bits per heavy atom. The second kappa shape index (κ2) is 13.7. The van der Waals surface area contributed by atoms with Crippen LogP contribution in [-0.2, 0) is 6.61 Å². The zero-order valence-electron chi connectivity index (χ0n) is 22.2. The molecule has 4 aromatic carbocycles. The lowest BCUT2D eigenvalue weighted by atomic mass is 9.87. The minimum atomic E-state index is -1.07. The molecule has 0 unspecified atom stereocenters. The van der Waals surface area contributed by atoms with Gasteiger partial charge in [0, 0.05) is 11.6 Å². The van der Waals surface area contributed by atoms with Crippen molar-refractivity contribution in [2.45, 2.75) is 20.0 Å². The number of methoxy groups -OCH3 is 1. The molecule has 0 saturated carbocycles. The number of amides is 1. The lowest BCUT2D eigenvalue weighted by Crippen LogP contribution is -2.26. The Labute approximate surface area is 229 Å². The largest absolute Gasteiger partial charge is 0.496 e. The predicted molar refractivity (Wildman–Crippen MR) is 154 cm³/mol. The smallest absolute Gasteiger partial charge is 0.404 e. The summed E-state index contributed by atoms with van der Waals surface area (Å²) in [6.07, 6.45) is -0.254. The molecule has 39 heavy (non-hydrogen) atoms. The average Bonchev–Trinajstić information content (AvgIpc) is 2.98. The molecule has 0 fully saturated rings. The van der Waals surface area contributed by atoms with E-state index in [0.717, 1.165) is 45.7 Å². The van der Waals surface area contributed by atoms with Crippen molar-refractivity contribution < 1.29 is 24.1 Å². The monoisotopic (exact) mass is 523 g/mol. The van der Waals surface area contributed by atoms with Gasteiger partial charge in [-0.15, -0.1) is 0 Å². The molecule has 6 heteroatoms. The van der Waals surface area contributed by atoms with Gasteiger partial charge in [0.2, 0.25) is 0 Å². The van der Waals surface area contributed by atoms with E-state index in [2.05, 4.69) is 30.4 Å². The van der Waals surface area contributed by atoms with Crippen molar-refractivity contribution in [1.29, 1.82) is 0 Å². The first kappa shape index (κ1) is 27.3. The van der Waals surface area contributed by atoms with Crippen molar-refractivity contribution in [2.24, 2.45) is 0 Å². The van der Waals surface area contributed by atoms with Crippen LogP contribution in [0.15, 0.2) is 103 Å². The van der Waals surface area contributed by atoms with Crippen LogP contribution in [0.3, 0.4) is 0 Å². The van der Waals surface area contributed by atoms with Crippen LogP contribution in [0.5, 0.6) is 17.2 Å². The maximum absolute atomic E-state index is 10.7. The lowest BCUT2D eigenvalue weighted by Gasteiger charge is -2.20. The van der Waals surface area contributed by atoms with Gasteiger partial charge < -0.3 is 24.6 Å². The van der Waals surface area contributed by atoms with Gasteiger partial charge in [0.05, 0.1) is 13.7 Å². The molecule has 0 spiro atoms. The Bertz CT molecular complexity index is 1380. The van der Waals surface area contributed by atoms with Crippen molar-refractivity contribution >= 4 is 17.2 Å². The lowest BCUT2D eigenvalue weighted by molar-refractivity contribution is 0.191. The number of nitrogens with one attached hydrogen (secondary N) is 1. The van der Waals surface area contributed by atoms with Gasteiger partial charge in [0.15, 0.2) is 0 Å². The molecule has 0 aliphatic heterocycles.